The smallest absolute Gasteiger partial charge is 0.137 e. The van der Waals surface area contributed by atoms with Gasteiger partial charge in [0.15, 0.2) is 0 Å². The first-order valence-corrected chi connectivity index (χ1v) is 4.92. The van der Waals surface area contributed by atoms with E-state index >= 15 is 0 Å². The van der Waals surface area contributed by atoms with E-state index in [1.807, 2.05) is 22.7 Å². The maximum Gasteiger partial charge on any atom is 0.137 e. The van der Waals surface area contributed by atoms with Crippen molar-refractivity contribution in [2.45, 2.75) is 0 Å². The Balaban J connectivity index is 2.87. The number of pyridine rings is 1. The van der Waals surface area contributed by atoms with Crippen LogP contribution in [-0.4, -0.2) is 9.38 Å². The molecule has 0 bridgehead atoms. The van der Waals surface area contributed by atoms with Gasteiger partial charge < -0.3 is 0 Å². The lowest BCUT2D eigenvalue weighted by atomic mass is 10.5. The van der Waals surface area contributed by atoms with E-state index in [9.17, 15) is 0 Å². The molecule has 0 aromatic carbocycles. The van der Waals surface area contributed by atoms with E-state index in [0.29, 0.717) is 0 Å². The van der Waals surface area contributed by atoms with Crippen molar-refractivity contribution in [3.8, 4) is 0 Å². The summed E-state index contributed by atoms with van der Waals surface area (Å²) in [5.74, 6) is 0. The number of rotatable bonds is 0. The van der Waals surface area contributed by atoms with E-state index in [4.69, 9.17) is 0 Å². The third-order valence-corrected chi connectivity index (χ3v) is 2.65. The second kappa shape index (κ2) is 2.75. The summed E-state index contributed by atoms with van der Waals surface area (Å²) in [5, 5.41) is 0. The molecule has 0 aliphatic rings. The molecular formula is C7H4BrIN2. The van der Waals surface area contributed by atoms with Gasteiger partial charge in [0, 0.05) is 9.77 Å². The van der Waals surface area contributed by atoms with Crippen molar-refractivity contribution in [2.75, 3.05) is 0 Å². The SMILES string of the molecule is Brc1cnc2ccc(I)cn12. The molecule has 0 saturated carbocycles. The third-order valence-electron chi connectivity index (χ3n) is 1.42. The molecule has 0 atom stereocenters. The summed E-state index contributed by atoms with van der Waals surface area (Å²) in [5.41, 5.74) is 0.970. The van der Waals surface area contributed by atoms with E-state index in [1.54, 1.807) is 6.20 Å². The first kappa shape index (κ1) is 7.54. The van der Waals surface area contributed by atoms with Crippen LogP contribution in [0.15, 0.2) is 29.1 Å². The maximum atomic E-state index is 4.17. The maximum absolute atomic E-state index is 4.17. The Morgan fingerprint density at radius 2 is 2.27 bits per heavy atom. The van der Waals surface area contributed by atoms with Gasteiger partial charge in [-0.25, -0.2) is 4.98 Å². The quantitative estimate of drug-likeness (QED) is 0.682. The van der Waals surface area contributed by atoms with Crippen LogP contribution >= 0.6 is 38.5 Å². The summed E-state index contributed by atoms with van der Waals surface area (Å²) < 4.78 is 4.20. The van der Waals surface area contributed by atoms with Gasteiger partial charge in [-0.05, 0) is 50.7 Å². The monoisotopic (exact) mass is 322 g/mol. The largest absolute Gasteiger partial charge is 0.293 e. The van der Waals surface area contributed by atoms with Crippen LogP contribution in [0.2, 0.25) is 0 Å². The van der Waals surface area contributed by atoms with E-state index < -0.39 is 0 Å². The van der Waals surface area contributed by atoms with Crippen molar-refractivity contribution in [3.05, 3.63) is 32.7 Å². The van der Waals surface area contributed by atoms with Crippen LogP contribution in [0.3, 0.4) is 0 Å². The molecule has 0 aliphatic heterocycles. The normalized spacial score (nSPS) is 10.7. The molecular weight excluding hydrogens is 319 g/mol. The van der Waals surface area contributed by atoms with Crippen molar-refractivity contribution in [1.82, 2.24) is 9.38 Å². The number of hydrogen-bond donors (Lipinski definition) is 0. The zero-order valence-electron chi connectivity index (χ0n) is 5.46. The Hall–Kier alpha value is -0.100. The van der Waals surface area contributed by atoms with E-state index in [-0.39, 0.29) is 0 Å². The predicted molar refractivity (Wildman–Crippen MR) is 55.6 cm³/mol. The number of nitrogens with zero attached hydrogens (tertiary/aromatic N) is 2. The van der Waals surface area contributed by atoms with Crippen molar-refractivity contribution in [2.24, 2.45) is 0 Å². The molecule has 0 aliphatic carbocycles. The topological polar surface area (TPSA) is 17.3 Å². The Morgan fingerprint density at radius 1 is 1.45 bits per heavy atom. The van der Waals surface area contributed by atoms with Crippen LogP contribution in [0.4, 0.5) is 0 Å². The van der Waals surface area contributed by atoms with E-state index in [1.165, 1.54) is 3.57 Å². The van der Waals surface area contributed by atoms with Crippen LogP contribution in [0.5, 0.6) is 0 Å². The zero-order chi connectivity index (χ0) is 7.84. The average molecular weight is 323 g/mol. The summed E-state index contributed by atoms with van der Waals surface area (Å²) in [6, 6.07) is 4.03. The molecule has 2 aromatic rings. The van der Waals surface area contributed by atoms with Gasteiger partial charge in [-0.15, -0.1) is 0 Å². The number of aromatic nitrogens is 2. The second-order valence-corrected chi connectivity index (χ2v) is 4.21. The third kappa shape index (κ3) is 1.29. The van der Waals surface area contributed by atoms with Gasteiger partial charge in [0.05, 0.1) is 6.20 Å². The first-order valence-electron chi connectivity index (χ1n) is 3.05. The van der Waals surface area contributed by atoms with E-state index in [2.05, 4.69) is 43.5 Å². The highest BCUT2D eigenvalue weighted by atomic mass is 127. The van der Waals surface area contributed by atoms with Crippen LogP contribution in [-0.2, 0) is 0 Å². The molecule has 0 fully saturated rings. The molecule has 2 nitrogen and oxygen atoms in total. The molecule has 11 heavy (non-hydrogen) atoms. The van der Waals surface area contributed by atoms with E-state index in [0.717, 1.165) is 10.3 Å². The number of imidazole rings is 1. The lowest BCUT2D eigenvalue weighted by molar-refractivity contribution is 1.14. The lowest BCUT2D eigenvalue weighted by Gasteiger charge is -1.94. The minimum atomic E-state index is 0.970. The fraction of sp³-hybridized carbons (Fsp3) is 0. The molecule has 0 N–H and O–H groups in total. The predicted octanol–water partition coefficient (Wildman–Crippen LogP) is 2.70. The molecule has 56 valence electrons. The zero-order valence-corrected chi connectivity index (χ0v) is 9.20. The summed E-state index contributed by atoms with van der Waals surface area (Å²) in [4.78, 5) is 4.17. The van der Waals surface area contributed by atoms with Crippen LogP contribution in [0, 0.1) is 3.57 Å². The molecule has 4 heteroatoms. The highest BCUT2D eigenvalue weighted by molar-refractivity contribution is 14.1. The Morgan fingerprint density at radius 3 is 3.09 bits per heavy atom. The van der Waals surface area contributed by atoms with Gasteiger partial charge in [0.1, 0.15) is 10.3 Å². The second-order valence-electron chi connectivity index (χ2n) is 2.16. The van der Waals surface area contributed by atoms with Gasteiger partial charge in [0.25, 0.3) is 0 Å². The summed E-state index contributed by atoms with van der Waals surface area (Å²) in [7, 11) is 0. The highest BCUT2D eigenvalue weighted by Gasteiger charge is 1.98. The first-order chi connectivity index (χ1) is 5.27. The van der Waals surface area contributed by atoms with Crippen molar-refractivity contribution >= 4 is 44.2 Å². The Labute approximate surface area is 85.9 Å². The average Bonchev–Trinajstić information content (AvgIpc) is 2.33. The molecule has 0 amide bonds. The van der Waals surface area contributed by atoms with Crippen LogP contribution < -0.4 is 0 Å². The minimum absolute atomic E-state index is 0.970. The van der Waals surface area contributed by atoms with Crippen molar-refractivity contribution < 1.29 is 0 Å². The molecule has 0 saturated heterocycles. The molecule has 2 heterocycles. The Kier molecular flexibility index (Phi) is 1.88. The summed E-state index contributed by atoms with van der Waals surface area (Å²) in [6.07, 6.45) is 3.83. The molecule has 0 spiro atoms. The lowest BCUT2D eigenvalue weighted by Crippen LogP contribution is -1.84. The van der Waals surface area contributed by atoms with Gasteiger partial charge in [-0.3, -0.25) is 4.40 Å². The van der Waals surface area contributed by atoms with Gasteiger partial charge in [0.2, 0.25) is 0 Å². The van der Waals surface area contributed by atoms with Crippen LogP contribution in [0.25, 0.3) is 5.65 Å². The number of hydrogen-bond acceptors (Lipinski definition) is 1. The van der Waals surface area contributed by atoms with Gasteiger partial charge in [-0.2, -0.15) is 0 Å². The summed E-state index contributed by atoms with van der Waals surface area (Å²) in [6.45, 7) is 0. The fourth-order valence-corrected chi connectivity index (χ4v) is 1.77. The highest BCUT2D eigenvalue weighted by Crippen LogP contribution is 2.14. The summed E-state index contributed by atoms with van der Waals surface area (Å²) >= 11 is 5.67. The Bertz CT molecular complexity index is 396. The van der Waals surface area contributed by atoms with Crippen LogP contribution in [0.1, 0.15) is 0 Å². The van der Waals surface area contributed by atoms with Gasteiger partial charge >= 0.3 is 0 Å². The number of fused-ring (bicyclic) bond motifs is 1. The molecule has 2 aromatic heterocycles. The number of halogens is 2. The van der Waals surface area contributed by atoms with Gasteiger partial charge in [-0.1, -0.05) is 0 Å². The standard InChI is InChI=1S/C7H4BrIN2/c8-6-3-10-7-2-1-5(9)4-11(6)7/h1-4H. The fourth-order valence-electron chi connectivity index (χ4n) is 0.925. The van der Waals surface area contributed by atoms with Crippen molar-refractivity contribution in [1.29, 1.82) is 0 Å². The van der Waals surface area contributed by atoms with Crippen molar-refractivity contribution in [3.63, 3.8) is 0 Å². The minimum Gasteiger partial charge on any atom is -0.293 e. The molecule has 2 rings (SSSR count). The molecule has 0 unspecified atom stereocenters. The molecule has 0 radical (unpaired) electrons.